The van der Waals surface area contributed by atoms with Gasteiger partial charge in [0.2, 0.25) is 0 Å². The number of carbonyl (C=O) groups is 1. The normalized spacial score (nSPS) is 16.2. The zero-order chi connectivity index (χ0) is 16.6. The van der Waals surface area contributed by atoms with Gasteiger partial charge in [0.1, 0.15) is 6.04 Å². The number of hydrogen-bond acceptors (Lipinski definition) is 5. The van der Waals surface area contributed by atoms with E-state index in [1.54, 1.807) is 4.57 Å². The second-order valence-electron chi connectivity index (χ2n) is 5.38. The minimum absolute atomic E-state index is 0.142. The first-order chi connectivity index (χ1) is 11.1. The first kappa shape index (κ1) is 15.8. The van der Waals surface area contributed by atoms with Gasteiger partial charge in [-0.05, 0) is 18.1 Å². The van der Waals surface area contributed by atoms with Gasteiger partial charge in [0.15, 0.2) is 0 Å². The lowest BCUT2D eigenvalue weighted by molar-refractivity contribution is -0.143. The lowest BCUT2D eigenvalue weighted by atomic mass is 9.98. The molecule has 0 aliphatic carbocycles. The fraction of sp³-hybridized carbons (Fsp3) is 0.294. The van der Waals surface area contributed by atoms with E-state index in [9.17, 15) is 9.59 Å². The zero-order valence-corrected chi connectivity index (χ0v) is 13.9. The van der Waals surface area contributed by atoms with Gasteiger partial charge in [-0.2, -0.15) is 0 Å². The highest BCUT2D eigenvalue weighted by Gasteiger charge is 2.34. The molecule has 0 saturated carbocycles. The van der Waals surface area contributed by atoms with Gasteiger partial charge in [0.25, 0.3) is 5.56 Å². The van der Waals surface area contributed by atoms with Crippen LogP contribution in [0.3, 0.4) is 0 Å². The van der Waals surface area contributed by atoms with Crippen molar-refractivity contribution in [3.05, 3.63) is 51.8 Å². The van der Waals surface area contributed by atoms with Crippen molar-refractivity contribution in [2.75, 3.05) is 12.9 Å². The van der Waals surface area contributed by atoms with E-state index in [2.05, 4.69) is 0 Å². The third-order valence-electron chi connectivity index (χ3n) is 4.17. The molecule has 0 spiro atoms. The van der Waals surface area contributed by atoms with Gasteiger partial charge in [0.05, 0.1) is 12.1 Å². The standard InChI is InChI=1S/C17H18N2O3S/c1-10-12(8-18)15(20)19-13(17(21)22-2)9-23-16(19)14(10)11-6-4-3-5-7-11/h3-7,13H,8-9,18H2,1-2H3/t13-/m0/s1. The molecule has 0 fully saturated rings. The van der Waals surface area contributed by atoms with Crippen molar-refractivity contribution in [3.63, 3.8) is 0 Å². The predicted molar refractivity (Wildman–Crippen MR) is 90.5 cm³/mol. The third-order valence-corrected chi connectivity index (χ3v) is 5.32. The number of aromatic nitrogens is 1. The number of nitrogens with zero attached hydrogens (tertiary/aromatic N) is 1. The van der Waals surface area contributed by atoms with E-state index in [4.69, 9.17) is 10.5 Å². The number of hydrogen-bond donors (Lipinski definition) is 1. The number of esters is 1. The van der Waals surface area contributed by atoms with Crippen molar-refractivity contribution in [1.82, 2.24) is 4.57 Å². The molecule has 2 N–H and O–H groups in total. The fourth-order valence-electron chi connectivity index (χ4n) is 2.98. The molecule has 2 aromatic rings. The van der Waals surface area contributed by atoms with Crippen LogP contribution >= 0.6 is 11.8 Å². The number of thioether (sulfide) groups is 1. The van der Waals surface area contributed by atoms with Crippen LogP contribution < -0.4 is 11.3 Å². The van der Waals surface area contributed by atoms with Gasteiger partial charge >= 0.3 is 5.97 Å². The summed E-state index contributed by atoms with van der Waals surface area (Å²) in [5.41, 5.74) is 9.03. The van der Waals surface area contributed by atoms with Gasteiger partial charge < -0.3 is 10.5 Å². The molecule has 2 heterocycles. The van der Waals surface area contributed by atoms with E-state index < -0.39 is 12.0 Å². The average molecular weight is 330 g/mol. The van der Waals surface area contributed by atoms with Crippen molar-refractivity contribution >= 4 is 17.7 Å². The molecule has 1 aromatic heterocycles. The van der Waals surface area contributed by atoms with Crippen molar-refractivity contribution in [1.29, 1.82) is 0 Å². The highest BCUT2D eigenvalue weighted by atomic mass is 32.2. The first-order valence-electron chi connectivity index (χ1n) is 7.34. The Balaban J connectivity index is 2.33. The van der Waals surface area contributed by atoms with Gasteiger partial charge in [-0.1, -0.05) is 30.3 Å². The highest BCUT2D eigenvalue weighted by Crippen LogP contribution is 2.41. The number of carbonyl (C=O) groups excluding carboxylic acids is 1. The molecule has 1 atom stereocenters. The quantitative estimate of drug-likeness (QED) is 0.873. The number of fused-ring (bicyclic) bond motifs is 1. The number of methoxy groups -OCH3 is 1. The highest BCUT2D eigenvalue weighted by molar-refractivity contribution is 7.99. The van der Waals surface area contributed by atoms with Crippen LogP contribution in [-0.2, 0) is 16.1 Å². The Morgan fingerprint density at radius 3 is 2.70 bits per heavy atom. The molecule has 0 amide bonds. The monoisotopic (exact) mass is 330 g/mol. The molecule has 3 rings (SSSR count). The molecule has 0 radical (unpaired) electrons. The van der Waals surface area contributed by atoms with Crippen molar-refractivity contribution in [2.24, 2.45) is 5.73 Å². The van der Waals surface area contributed by atoms with Crippen LogP contribution in [0.2, 0.25) is 0 Å². The Morgan fingerprint density at radius 1 is 1.39 bits per heavy atom. The average Bonchev–Trinajstić information content (AvgIpc) is 3.00. The molecule has 120 valence electrons. The first-order valence-corrected chi connectivity index (χ1v) is 8.32. The van der Waals surface area contributed by atoms with Crippen molar-refractivity contribution in [2.45, 2.75) is 24.5 Å². The Hall–Kier alpha value is -2.05. The van der Waals surface area contributed by atoms with Crippen LogP contribution in [0.1, 0.15) is 17.2 Å². The Morgan fingerprint density at radius 2 is 2.09 bits per heavy atom. The number of benzene rings is 1. The molecular formula is C17H18N2O3S. The maximum absolute atomic E-state index is 12.8. The van der Waals surface area contributed by atoms with Gasteiger partial charge in [-0.15, -0.1) is 11.8 Å². The van der Waals surface area contributed by atoms with Crippen LogP contribution in [0.4, 0.5) is 0 Å². The van der Waals surface area contributed by atoms with E-state index in [0.717, 1.165) is 21.7 Å². The third kappa shape index (κ3) is 2.48. The lowest BCUT2D eigenvalue weighted by Gasteiger charge is -2.18. The zero-order valence-electron chi connectivity index (χ0n) is 13.0. The minimum Gasteiger partial charge on any atom is -0.467 e. The Bertz CT molecular complexity index is 815. The molecule has 1 aromatic carbocycles. The molecule has 0 unspecified atom stereocenters. The van der Waals surface area contributed by atoms with E-state index in [1.165, 1.54) is 18.9 Å². The summed E-state index contributed by atoms with van der Waals surface area (Å²) in [6.07, 6.45) is 0. The van der Waals surface area contributed by atoms with Gasteiger partial charge in [-0.25, -0.2) is 4.79 Å². The summed E-state index contributed by atoms with van der Waals surface area (Å²) in [7, 11) is 1.34. The van der Waals surface area contributed by atoms with E-state index in [-0.39, 0.29) is 12.1 Å². The van der Waals surface area contributed by atoms with Crippen LogP contribution in [0.15, 0.2) is 40.2 Å². The van der Waals surface area contributed by atoms with Crippen LogP contribution in [0.5, 0.6) is 0 Å². The van der Waals surface area contributed by atoms with Crippen LogP contribution in [0.25, 0.3) is 11.1 Å². The molecule has 0 saturated heterocycles. The number of rotatable bonds is 3. The molecule has 1 aliphatic heterocycles. The topological polar surface area (TPSA) is 74.3 Å². The van der Waals surface area contributed by atoms with Crippen molar-refractivity contribution < 1.29 is 9.53 Å². The lowest BCUT2D eigenvalue weighted by Crippen LogP contribution is -2.33. The number of nitrogens with two attached hydrogens (primary N) is 1. The molecule has 5 nitrogen and oxygen atoms in total. The predicted octanol–water partition coefficient (Wildman–Crippen LogP) is 2.10. The minimum atomic E-state index is -0.596. The second kappa shape index (κ2) is 6.22. The molecule has 0 bridgehead atoms. The Kier molecular flexibility index (Phi) is 4.28. The summed E-state index contributed by atoms with van der Waals surface area (Å²) < 4.78 is 6.40. The smallest absolute Gasteiger partial charge is 0.329 e. The molecule has 1 aliphatic rings. The maximum Gasteiger partial charge on any atom is 0.329 e. The molecular weight excluding hydrogens is 312 g/mol. The Labute approximate surface area is 138 Å². The summed E-state index contributed by atoms with van der Waals surface area (Å²) in [4.78, 5) is 24.8. The largest absolute Gasteiger partial charge is 0.467 e. The number of ether oxygens (including phenoxy) is 1. The van der Waals surface area contributed by atoms with Gasteiger partial charge in [0, 0.05) is 23.4 Å². The van der Waals surface area contributed by atoms with E-state index >= 15 is 0 Å². The summed E-state index contributed by atoms with van der Waals surface area (Å²) in [6.45, 7) is 2.06. The molecule has 6 heteroatoms. The van der Waals surface area contributed by atoms with Crippen molar-refractivity contribution in [3.8, 4) is 11.1 Å². The van der Waals surface area contributed by atoms with Crippen LogP contribution in [-0.4, -0.2) is 23.4 Å². The van der Waals surface area contributed by atoms with Gasteiger partial charge in [-0.3, -0.25) is 9.36 Å². The summed E-state index contributed by atoms with van der Waals surface area (Å²) >= 11 is 1.51. The summed E-state index contributed by atoms with van der Waals surface area (Å²) in [6, 6.07) is 9.26. The maximum atomic E-state index is 12.8. The second-order valence-corrected chi connectivity index (χ2v) is 6.39. The summed E-state index contributed by atoms with van der Waals surface area (Å²) in [5, 5.41) is 0.811. The fourth-order valence-corrected chi connectivity index (χ4v) is 4.35. The summed E-state index contributed by atoms with van der Waals surface area (Å²) in [5.74, 6) is 0.0963. The van der Waals surface area contributed by atoms with Crippen LogP contribution in [0, 0.1) is 6.92 Å². The molecule has 23 heavy (non-hydrogen) atoms. The SMILES string of the molecule is COC(=O)[C@@H]1CSc2c(-c3ccccc3)c(C)c(CN)c(=O)n21. The number of pyridine rings is 1. The van der Waals surface area contributed by atoms with E-state index in [0.29, 0.717) is 11.3 Å². The van der Waals surface area contributed by atoms with E-state index in [1.807, 2.05) is 37.3 Å².